The second-order valence-corrected chi connectivity index (χ2v) is 6.99. The molecule has 0 aliphatic heterocycles. The number of hydrogen-bond donors (Lipinski definition) is 1. The third kappa shape index (κ3) is 3.85. The summed E-state index contributed by atoms with van der Waals surface area (Å²) in [5.74, 6) is 0.595. The van der Waals surface area contributed by atoms with Gasteiger partial charge in [0, 0.05) is 34.8 Å². The summed E-state index contributed by atoms with van der Waals surface area (Å²) in [7, 11) is 0. The summed E-state index contributed by atoms with van der Waals surface area (Å²) >= 11 is 1.47. The lowest BCUT2D eigenvalue weighted by molar-refractivity contribution is 0.0998. The number of nitrogens with zero attached hydrogens (tertiary/aromatic N) is 2. The molecule has 0 bridgehead atoms. The van der Waals surface area contributed by atoms with Crippen molar-refractivity contribution in [3.8, 4) is 0 Å². The van der Waals surface area contributed by atoms with Crippen LogP contribution in [0.2, 0.25) is 0 Å². The van der Waals surface area contributed by atoms with Crippen LogP contribution in [0.4, 0.5) is 5.69 Å². The number of carbonyl (C=O) groups is 1. The fourth-order valence-corrected chi connectivity index (χ4v) is 3.58. The Morgan fingerprint density at radius 3 is 2.56 bits per heavy atom. The van der Waals surface area contributed by atoms with Gasteiger partial charge in [-0.05, 0) is 31.2 Å². The summed E-state index contributed by atoms with van der Waals surface area (Å²) in [6.45, 7) is 2.01. The van der Waals surface area contributed by atoms with E-state index in [9.17, 15) is 4.79 Å². The molecular formula is C21H17N3O2S. The first-order chi connectivity index (χ1) is 13.2. The van der Waals surface area contributed by atoms with Crippen LogP contribution in [0.25, 0.3) is 11.0 Å². The van der Waals surface area contributed by atoms with Gasteiger partial charge >= 0.3 is 0 Å². The molecule has 2 aromatic carbocycles. The molecule has 0 saturated carbocycles. The van der Waals surface area contributed by atoms with Crippen molar-refractivity contribution in [3.63, 3.8) is 0 Å². The van der Waals surface area contributed by atoms with E-state index in [2.05, 4.69) is 15.3 Å². The number of nitrogens with one attached hydrogen (secondary N) is 1. The Morgan fingerprint density at radius 2 is 1.78 bits per heavy atom. The van der Waals surface area contributed by atoms with E-state index < -0.39 is 0 Å². The highest BCUT2D eigenvalue weighted by atomic mass is 32.2. The van der Waals surface area contributed by atoms with Crippen molar-refractivity contribution >= 4 is 34.3 Å². The molecule has 1 amide bonds. The molecule has 5 nitrogen and oxygen atoms in total. The Morgan fingerprint density at radius 1 is 1.04 bits per heavy atom. The molecule has 1 N–H and O–H groups in total. The topological polar surface area (TPSA) is 68.0 Å². The maximum absolute atomic E-state index is 12.9. The summed E-state index contributed by atoms with van der Waals surface area (Å²) in [6, 6.07) is 17.1. The van der Waals surface area contributed by atoms with Crippen molar-refractivity contribution in [2.24, 2.45) is 0 Å². The van der Waals surface area contributed by atoms with E-state index in [1.54, 1.807) is 18.5 Å². The van der Waals surface area contributed by atoms with Crippen LogP contribution < -0.4 is 5.32 Å². The van der Waals surface area contributed by atoms with E-state index in [4.69, 9.17) is 4.42 Å². The summed E-state index contributed by atoms with van der Waals surface area (Å²) in [5, 5.41) is 4.50. The highest BCUT2D eigenvalue weighted by Gasteiger charge is 2.21. The zero-order valence-electron chi connectivity index (χ0n) is 14.7. The van der Waals surface area contributed by atoms with E-state index in [-0.39, 0.29) is 5.91 Å². The van der Waals surface area contributed by atoms with Crippen LogP contribution in [-0.4, -0.2) is 15.9 Å². The van der Waals surface area contributed by atoms with Crippen LogP contribution in [0.1, 0.15) is 21.7 Å². The molecule has 0 saturated heterocycles. The van der Waals surface area contributed by atoms with Crippen molar-refractivity contribution < 1.29 is 9.21 Å². The number of thioether (sulfide) groups is 1. The Hall–Kier alpha value is -3.12. The van der Waals surface area contributed by atoms with Crippen molar-refractivity contribution in [1.29, 1.82) is 0 Å². The maximum Gasteiger partial charge on any atom is 0.291 e. The van der Waals surface area contributed by atoms with E-state index in [1.165, 1.54) is 11.8 Å². The van der Waals surface area contributed by atoms with Gasteiger partial charge in [-0.3, -0.25) is 4.79 Å². The molecule has 4 rings (SSSR count). The van der Waals surface area contributed by atoms with E-state index in [1.807, 2.05) is 55.5 Å². The van der Waals surface area contributed by atoms with Crippen LogP contribution in [0, 0.1) is 6.92 Å². The van der Waals surface area contributed by atoms with Gasteiger partial charge in [-0.15, -0.1) is 0 Å². The van der Waals surface area contributed by atoms with Gasteiger partial charge in [0.15, 0.2) is 10.9 Å². The second-order valence-electron chi connectivity index (χ2n) is 6.05. The smallest absolute Gasteiger partial charge is 0.291 e. The minimum Gasteiger partial charge on any atom is -0.451 e. The molecule has 134 valence electrons. The second kappa shape index (κ2) is 7.63. The molecule has 27 heavy (non-hydrogen) atoms. The van der Waals surface area contributed by atoms with Crippen LogP contribution in [0.5, 0.6) is 0 Å². The fraction of sp³-hybridized carbons (Fsp3) is 0.0952. The molecule has 0 unspecified atom stereocenters. The lowest BCUT2D eigenvalue weighted by Gasteiger charge is -2.06. The zero-order chi connectivity index (χ0) is 18.6. The van der Waals surface area contributed by atoms with Crippen LogP contribution in [-0.2, 0) is 5.75 Å². The monoisotopic (exact) mass is 375 g/mol. The molecule has 0 aliphatic rings. The standard InChI is InChI=1S/C21H17N3O2S/c1-14-7-9-15(10-8-14)24-20(25)19-17(13-27-21-22-11-4-12-23-21)16-5-2-3-6-18(16)26-19/h2-12H,13H2,1H3,(H,24,25). The van der Waals surface area contributed by atoms with Crippen LogP contribution in [0.3, 0.4) is 0 Å². The fourth-order valence-electron chi connectivity index (χ4n) is 2.75. The first-order valence-corrected chi connectivity index (χ1v) is 9.47. The number of aromatic nitrogens is 2. The minimum atomic E-state index is -0.264. The van der Waals surface area contributed by atoms with Gasteiger partial charge in [-0.25, -0.2) is 9.97 Å². The highest BCUT2D eigenvalue weighted by molar-refractivity contribution is 7.98. The van der Waals surface area contributed by atoms with Crippen molar-refractivity contribution in [1.82, 2.24) is 9.97 Å². The lowest BCUT2D eigenvalue weighted by Crippen LogP contribution is -2.12. The maximum atomic E-state index is 12.9. The van der Waals surface area contributed by atoms with E-state index in [0.29, 0.717) is 22.3 Å². The van der Waals surface area contributed by atoms with Crippen LogP contribution in [0.15, 0.2) is 76.6 Å². The predicted octanol–water partition coefficient (Wildman–Crippen LogP) is 5.08. The SMILES string of the molecule is Cc1ccc(NC(=O)c2oc3ccccc3c2CSc2ncccn2)cc1. The van der Waals surface area contributed by atoms with Gasteiger partial charge in [0.1, 0.15) is 5.58 Å². The number of carbonyl (C=O) groups excluding carboxylic acids is 1. The number of furan rings is 1. The van der Waals surface area contributed by atoms with Crippen molar-refractivity contribution in [2.45, 2.75) is 17.8 Å². The molecule has 2 aromatic heterocycles. The number of benzene rings is 2. The molecule has 6 heteroatoms. The Bertz CT molecular complexity index is 1080. The summed E-state index contributed by atoms with van der Waals surface area (Å²) < 4.78 is 5.88. The Labute approximate surface area is 160 Å². The van der Waals surface area contributed by atoms with Crippen molar-refractivity contribution in [3.05, 3.63) is 83.9 Å². The van der Waals surface area contributed by atoms with Gasteiger partial charge in [-0.2, -0.15) is 0 Å². The number of hydrogen-bond acceptors (Lipinski definition) is 5. The van der Waals surface area contributed by atoms with Gasteiger partial charge < -0.3 is 9.73 Å². The third-order valence-electron chi connectivity index (χ3n) is 4.10. The van der Waals surface area contributed by atoms with Gasteiger partial charge in [0.25, 0.3) is 5.91 Å². The average Bonchev–Trinajstić information content (AvgIpc) is 3.08. The molecule has 4 aromatic rings. The first-order valence-electron chi connectivity index (χ1n) is 8.49. The summed E-state index contributed by atoms with van der Waals surface area (Å²) in [4.78, 5) is 21.3. The Kier molecular flexibility index (Phi) is 4.89. The van der Waals surface area contributed by atoms with E-state index >= 15 is 0 Å². The quantitative estimate of drug-likeness (QED) is 0.389. The molecule has 0 radical (unpaired) electrons. The molecule has 0 atom stereocenters. The number of anilines is 1. The molecular weight excluding hydrogens is 358 g/mol. The minimum absolute atomic E-state index is 0.264. The molecule has 0 aliphatic carbocycles. The predicted molar refractivity (Wildman–Crippen MR) is 107 cm³/mol. The van der Waals surface area contributed by atoms with Gasteiger partial charge in [0.2, 0.25) is 0 Å². The highest BCUT2D eigenvalue weighted by Crippen LogP contribution is 2.31. The van der Waals surface area contributed by atoms with Gasteiger partial charge in [-0.1, -0.05) is 47.7 Å². The lowest BCUT2D eigenvalue weighted by atomic mass is 10.1. The molecule has 2 heterocycles. The van der Waals surface area contributed by atoms with Crippen molar-refractivity contribution in [2.75, 3.05) is 5.32 Å². The van der Waals surface area contributed by atoms with E-state index in [0.717, 1.165) is 22.2 Å². The number of rotatable bonds is 5. The van der Waals surface area contributed by atoms with Crippen LogP contribution >= 0.6 is 11.8 Å². The average molecular weight is 375 g/mol. The number of aryl methyl sites for hydroxylation is 1. The molecule has 0 spiro atoms. The number of para-hydroxylation sites is 1. The largest absolute Gasteiger partial charge is 0.451 e. The summed E-state index contributed by atoms with van der Waals surface area (Å²) in [6.07, 6.45) is 3.40. The molecule has 0 fully saturated rings. The third-order valence-corrected chi connectivity index (χ3v) is 5.00. The number of fused-ring (bicyclic) bond motifs is 1. The number of amides is 1. The van der Waals surface area contributed by atoms with Gasteiger partial charge in [0.05, 0.1) is 0 Å². The Balaban J connectivity index is 1.64. The zero-order valence-corrected chi connectivity index (χ0v) is 15.5. The summed E-state index contributed by atoms with van der Waals surface area (Å²) in [5.41, 5.74) is 3.40. The normalized spacial score (nSPS) is 10.9. The first kappa shape index (κ1) is 17.3.